The van der Waals surface area contributed by atoms with Crippen LogP contribution in [0.15, 0.2) is 30.3 Å². The van der Waals surface area contributed by atoms with Gasteiger partial charge in [-0.1, -0.05) is 43.2 Å². The number of amides is 1. The van der Waals surface area contributed by atoms with Gasteiger partial charge in [-0.2, -0.15) is 0 Å². The van der Waals surface area contributed by atoms with Crippen LogP contribution in [0.25, 0.3) is 0 Å². The number of carbonyl (C=O) groups excluding carboxylic acids is 2. The molecule has 1 aromatic carbocycles. The molecule has 5 nitrogen and oxygen atoms in total. The van der Waals surface area contributed by atoms with Crippen molar-refractivity contribution >= 4 is 24.3 Å². The summed E-state index contributed by atoms with van der Waals surface area (Å²) in [6, 6.07) is 9.09. The summed E-state index contributed by atoms with van der Waals surface area (Å²) in [6.07, 6.45) is 3.25. The molecule has 0 saturated heterocycles. The fraction of sp³-hybridized carbons (Fsp3) is 0.500. The van der Waals surface area contributed by atoms with Crippen LogP contribution in [0.3, 0.4) is 0 Å². The van der Waals surface area contributed by atoms with E-state index in [0.29, 0.717) is 12.8 Å². The summed E-state index contributed by atoms with van der Waals surface area (Å²) in [5.41, 5.74) is 6.09. The highest BCUT2D eigenvalue weighted by atomic mass is 35.5. The molecule has 0 spiro atoms. The van der Waals surface area contributed by atoms with E-state index in [1.54, 1.807) is 0 Å². The van der Waals surface area contributed by atoms with Crippen molar-refractivity contribution in [2.24, 2.45) is 5.73 Å². The molecule has 1 aromatic rings. The Bertz CT molecular complexity index is 501. The summed E-state index contributed by atoms with van der Waals surface area (Å²) in [7, 11) is 1.35. The number of esters is 1. The first-order chi connectivity index (χ1) is 10.1. The largest absolute Gasteiger partial charge is 0.467 e. The SMILES string of the molecule is COC(=O)C1(NC(=O)CC(N)c2ccccc2)CCCC1.Cl. The van der Waals surface area contributed by atoms with Crippen LogP contribution in [0.5, 0.6) is 0 Å². The predicted octanol–water partition coefficient (Wildman–Crippen LogP) is 2.10. The molecule has 0 radical (unpaired) electrons. The third kappa shape index (κ3) is 4.21. The second-order valence-electron chi connectivity index (χ2n) is 5.55. The standard InChI is InChI=1S/C16H22N2O3.ClH/c1-21-15(20)16(9-5-6-10-16)18-14(19)11-13(17)12-7-3-2-4-8-12;/h2-4,7-8,13H,5-6,9-11,17H2,1H3,(H,18,19);1H. The molecule has 6 heteroatoms. The second-order valence-corrected chi connectivity index (χ2v) is 5.55. The number of nitrogens with one attached hydrogen (secondary N) is 1. The molecule has 1 amide bonds. The zero-order chi connectivity index (χ0) is 15.3. The van der Waals surface area contributed by atoms with Crippen LogP contribution >= 0.6 is 12.4 Å². The van der Waals surface area contributed by atoms with Gasteiger partial charge in [0.25, 0.3) is 0 Å². The maximum Gasteiger partial charge on any atom is 0.331 e. The second kappa shape index (κ2) is 8.15. The monoisotopic (exact) mass is 326 g/mol. The lowest BCUT2D eigenvalue weighted by Crippen LogP contribution is -2.53. The fourth-order valence-electron chi connectivity index (χ4n) is 2.89. The Labute approximate surface area is 137 Å². The Morgan fingerprint density at radius 1 is 1.27 bits per heavy atom. The Balaban J connectivity index is 0.00000242. The van der Waals surface area contributed by atoms with Crippen molar-refractivity contribution in [1.82, 2.24) is 5.32 Å². The van der Waals surface area contributed by atoms with Crippen molar-refractivity contribution in [2.75, 3.05) is 7.11 Å². The van der Waals surface area contributed by atoms with Gasteiger partial charge >= 0.3 is 5.97 Å². The smallest absolute Gasteiger partial charge is 0.331 e. The molecule has 2 rings (SSSR count). The zero-order valence-corrected chi connectivity index (χ0v) is 13.5. The number of benzene rings is 1. The van der Waals surface area contributed by atoms with Crippen molar-refractivity contribution in [3.8, 4) is 0 Å². The number of hydrogen-bond acceptors (Lipinski definition) is 4. The number of methoxy groups -OCH3 is 1. The minimum atomic E-state index is -0.859. The van der Waals surface area contributed by atoms with E-state index in [1.165, 1.54) is 7.11 Å². The number of halogens is 1. The molecular weight excluding hydrogens is 304 g/mol. The zero-order valence-electron chi connectivity index (χ0n) is 12.7. The molecule has 22 heavy (non-hydrogen) atoms. The molecule has 1 aliphatic rings. The highest BCUT2D eigenvalue weighted by molar-refractivity contribution is 5.88. The normalized spacial score (nSPS) is 17.2. The van der Waals surface area contributed by atoms with Crippen molar-refractivity contribution in [3.63, 3.8) is 0 Å². The van der Waals surface area contributed by atoms with E-state index in [1.807, 2.05) is 30.3 Å². The van der Waals surface area contributed by atoms with Gasteiger partial charge in [-0.15, -0.1) is 12.4 Å². The highest BCUT2D eigenvalue weighted by Gasteiger charge is 2.43. The van der Waals surface area contributed by atoms with Gasteiger partial charge in [0.2, 0.25) is 5.91 Å². The van der Waals surface area contributed by atoms with E-state index in [4.69, 9.17) is 10.5 Å². The van der Waals surface area contributed by atoms with Crippen LogP contribution in [-0.4, -0.2) is 24.5 Å². The van der Waals surface area contributed by atoms with Gasteiger partial charge in [0.15, 0.2) is 0 Å². The average Bonchev–Trinajstić information content (AvgIpc) is 2.96. The van der Waals surface area contributed by atoms with Crippen LogP contribution in [0.1, 0.15) is 43.7 Å². The van der Waals surface area contributed by atoms with Crippen molar-refractivity contribution < 1.29 is 14.3 Å². The number of carbonyl (C=O) groups is 2. The molecule has 1 saturated carbocycles. The maximum absolute atomic E-state index is 12.2. The van der Waals surface area contributed by atoms with E-state index in [2.05, 4.69) is 5.32 Å². The van der Waals surface area contributed by atoms with Gasteiger partial charge in [-0.25, -0.2) is 4.79 Å². The van der Waals surface area contributed by atoms with Gasteiger partial charge < -0.3 is 15.8 Å². The van der Waals surface area contributed by atoms with Crippen LogP contribution in [0, 0.1) is 0 Å². The van der Waals surface area contributed by atoms with E-state index in [-0.39, 0.29) is 36.7 Å². The Hall–Kier alpha value is -1.59. The minimum Gasteiger partial charge on any atom is -0.467 e. The van der Waals surface area contributed by atoms with E-state index < -0.39 is 5.54 Å². The van der Waals surface area contributed by atoms with Gasteiger partial charge in [0.1, 0.15) is 5.54 Å². The molecule has 1 atom stereocenters. The van der Waals surface area contributed by atoms with Gasteiger partial charge in [-0.3, -0.25) is 4.79 Å². The van der Waals surface area contributed by atoms with E-state index in [0.717, 1.165) is 18.4 Å². The van der Waals surface area contributed by atoms with Crippen molar-refractivity contribution in [1.29, 1.82) is 0 Å². The number of ether oxygens (including phenoxy) is 1. The maximum atomic E-state index is 12.2. The first kappa shape index (κ1) is 18.5. The summed E-state index contributed by atoms with van der Waals surface area (Å²) >= 11 is 0. The van der Waals surface area contributed by atoms with Crippen LogP contribution in [0.4, 0.5) is 0 Å². The first-order valence-electron chi connectivity index (χ1n) is 7.27. The number of nitrogens with two attached hydrogens (primary N) is 1. The topological polar surface area (TPSA) is 81.4 Å². The molecule has 122 valence electrons. The molecule has 1 aliphatic carbocycles. The Morgan fingerprint density at radius 2 is 1.86 bits per heavy atom. The summed E-state index contributed by atoms with van der Waals surface area (Å²) < 4.78 is 4.84. The molecule has 3 N–H and O–H groups in total. The van der Waals surface area contributed by atoms with Crippen LogP contribution < -0.4 is 11.1 Å². The quantitative estimate of drug-likeness (QED) is 0.812. The summed E-state index contributed by atoms with van der Waals surface area (Å²) in [5.74, 6) is -0.569. The first-order valence-corrected chi connectivity index (χ1v) is 7.27. The number of rotatable bonds is 5. The predicted molar refractivity (Wildman–Crippen MR) is 86.6 cm³/mol. The molecule has 1 unspecified atom stereocenters. The Morgan fingerprint density at radius 3 is 2.41 bits per heavy atom. The third-order valence-corrected chi connectivity index (χ3v) is 4.04. The lowest BCUT2D eigenvalue weighted by Gasteiger charge is -2.27. The van der Waals surface area contributed by atoms with Gasteiger partial charge in [-0.05, 0) is 18.4 Å². The molecular formula is C16H23ClN2O3. The third-order valence-electron chi connectivity index (χ3n) is 4.04. The minimum absolute atomic E-state index is 0. The van der Waals surface area contributed by atoms with Gasteiger partial charge in [0, 0.05) is 12.5 Å². The summed E-state index contributed by atoms with van der Waals surface area (Å²) in [5, 5.41) is 2.85. The molecule has 0 bridgehead atoms. The van der Waals surface area contributed by atoms with Crippen molar-refractivity contribution in [3.05, 3.63) is 35.9 Å². The van der Waals surface area contributed by atoms with Crippen LogP contribution in [-0.2, 0) is 14.3 Å². The van der Waals surface area contributed by atoms with E-state index in [9.17, 15) is 9.59 Å². The highest BCUT2D eigenvalue weighted by Crippen LogP contribution is 2.31. The summed E-state index contributed by atoms with van der Waals surface area (Å²) in [4.78, 5) is 24.2. The molecule has 0 heterocycles. The van der Waals surface area contributed by atoms with Crippen LogP contribution in [0.2, 0.25) is 0 Å². The van der Waals surface area contributed by atoms with E-state index >= 15 is 0 Å². The lowest BCUT2D eigenvalue weighted by atomic mass is 9.96. The molecule has 0 aliphatic heterocycles. The number of hydrogen-bond donors (Lipinski definition) is 2. The van der Waals surface area contributed by atoms with Crippen molar-refractivity contribution in [2.45, 2.75) is 43.7 Å². The fourth-order valence-corrected chi connectivity index (χ4v) is 2.89. The molecule has 0 aromatic heterocycles. The summed E-state index contributed by atoms with van der Waals surface area (Å²) in [6.45, 7) is 0. The molecule has 1 fully saturated rings. The average molecular weight is 327 g/mol. The van der Waals surface area contributed by atoms with Gasteiger partial charge in [0.05, 0.1) is 7.11 Å². The Kier molecular flexibility index (Phi) is 6.84. The lowest BCUT2D eigenvalue weighted by molar-refractivity contribution is -0.150.